The average molecular weight is 316 g/mol. The van der Waals surface area contributed by atoms with Gasteiger partial charge < -0.3 is 4.74 Å². The van der Waals surface area contributed by atoms with Crippen LogP contribution in [-0.4, -0.2) is 16.7 Å². The van der Waals surface area contributed by atoms with Gasteiger partial charge in [-0.15, -0.1) is 6.42 Å². The molecule has 2 rings (SSSR count). The van der Waals surface area contributed by atoms with E-state index in [9.17, 15) is 14.0 Å². The van der Waals surface area contributed by atoms with E-state index in [1.54, 1.807) is 0 Å². The number of rotatable bonds is 2. The minimum Gasteiger partial charge on any atom is -0.495 e. The van der Waals surface area contributed by atoms with Gasteiger partial charge in [-0.2, -0.15) is 0 Å². The number of methoxy groups -OCH3 is 1. The molecule has 120 valence electrons. The van der Waals surface area contributed by atoms with Crippen LogP contribution in [0.15, 0.2) is 27.9 Å². The molecule has 0 spiro atoms. The molecule has 2 aromatic rings. The van der Waals surface area contributed by atoms with Crippen LogP contribution in [0.25, 0.3) is 5.69 Å². The van der Waals surface area contributed by atoms with Crippen molar-refractivity contribution in [2.75, 3.05) is 7.11 Å². The average Bonchev–Trinajstić information content (AvgIpc) is 2.46. The maximum Gasteiger partial charge on any atom is 0.333 e. The summed E-state index contributed by atoms with van der Waals surface area (Å²) in [6, 6.07) is 2.64. The van der Waals surface area contributed by atoms with Crippen LogP contribution in [0.5, 0.6) is 5.75 Å². The van der Waals surface area contributed by atoms with Crippen molar-refractivity contribution >= 4 is 0 Å². The zero-order chi connectivity index (χ0) is 17.4. The van der Waals surface area contributed by atoms with Gasteiger partial charge >= 0.3 is 5.69 Å². The van der Waals surface area contributed by atoms with Crippen LogP contribution in [0.4, 0.5) is 4.39 Å². The molecule has 0 radical (unpaired) electrons. The second-order valence-electron chi connectivity index (χ2n) is 6.04. The van der Waals surface area contributed by atoms with Gasteiger partial charge in [0.1, 0.15) is 11.3 Å². The summed E-state index contributed by atoms with van der Waals surface area (Å²) < 4.78 is 21.1. The number of benzene rings is 1. The van der Waals surface area contributed by atoms with Crippen molar-refractivity contribution in [3.05, 3.63) is 56.1 Å². The lowest BCUT2D eigenvalue weighted by atomic mass is 9.84. The third-order valence-corrected chi connectivity index (χ3v) is 3.44. The van der Waals surface area contributed by atoms with Crippen LogP contribution in [-0.2, 0) is 5.41 Å². The molecule has 0 saturated heterocycles. The van der Waals surface area contributed by atoms with E-state index in [1.165, 1.54) is 19.4 Å². The molecule has 0 aliphatic rings. The summed E-state index contributed by atoms with van der Waals surface area (Å²) in [5, 5.41) is 0. The molecular formula is C17H17FN2O3. The van der Waals surface area contributed by atoms with Crippen molar-refractivity contribution in [2.45, 2.75) is 26.2 Å². The molecule has 0 aliphatic heterocycles. The van der Waals surface area contributed by atoms with Gasteiger partial charge in [-0.25, -0.2) is 9.18 Å². The Kier molecular flexibility index (Phi) is 4.15. The fourth-order valence-corrected chi connectivity index (χ4v) is 2.31. The first-order valence-electron chi connectivity index (χ1n) is 6.90. The number of H-pyrrole nitrogens is 1. The van der Waals surface area contributed by atoms with E-state index < -0.39 is 22.5 Å². The zero-order valence-electron chi connectivity index (χ0n) is 13.4. The molecule has 0 bridgehead atoms. The summed E-state index contributed by atoms with van der Waals surface area (Å²) in [6.45, 7) is 5.76. The maximum atomic E-state index is 14.8. The smallest absolute Gasteiger partial charge is 0.333 e. The highest BCUT2D eigenvalue weighted by Crippen LogP contribution is 2.37. The molecule has 1 aromatic carbocycles. The molecule has 0 atom stereocenters. The van der Waals surface area contributed by atoms with E-state index in [-0.39, 0.29) is 17.0 Å². The normalized spacial score (nSPS) is 11.1. The van der Waals surface area contributed by atoms with Gasteiger partial charge in [-0.1, -0.05) is 26.7 Å². The molecule has 23 heavy (non-hydrogen) atoms. The summed E-state index contributed by atoms with van der Waals surface area (Å²) in [6.07, 6.45) is 6.64. The third kappa shape index (κ3) is 2.90. The molecule has 6 heteroatoms. The number of aromatic amines is 1. The quantitative estimate of drug-likeness (QED) is 0.861. The topological polar surface area (TPSA) is 64.1 Å². The van der Waals surface area contributed by atoms with Gasteiger partial charge in [-0.3, -0.25) is 14.3 Å². The number of halogens is 1. The van der Waals surface area contributed by atoms with Crippen molar-refractivity contribution in [2.24, 2.45) is 0 Å². The van der Waals surface area contributed by atoms with E-state index >= 15 is 0 Å². The number of aromatic nitrogens is 2. The first kappa shape index (κ1) is 16.6. The van der Waals surface area contributed by atoms with Gasteiger partial charge in [0.25, 0.3) is 5.56 Å². The molecule has 0 saturated carbocycles. The minimum absolute atomic E-state index is 0.0371. The highest BCUT2D eigenvalue weighted by molar-refractivity contribution is 5.59. The Labute approximate surface area is 132 Å². The summed E-state index contributed by atoms with van der Waals surface area (Å²) in [5.41, 5.74) is -1.15. The van der Waals surface area contributed by atoms with Gasteiger partial charge in [0.05, 0.1) is 12.8 Å². The van der Waals surface area contributed by atoms with E-state index in [0.29, 0.717) is 5.56 Å². The van der Waals surface area contributed by atoms with Crippen LogP contribution in [0.2, 0.25) is 0 Å². The lowest BCUT2D eigenvalue weighted by Gasteiger charge is -2.24. The van der Waals surface area contributed by atoms with Crippen molar-refractivity contribution < 1.29 is 9.13 Å². The van der Waals surface area contributed by atoms with Crippen LogP contribution in [0.1, 0.15) is 31.9 Å². The first-order valence-corrected chi connectivity index (χ1v) is 6.90. The largest absolute Gasteiger partial charge is 0.495 e. The standard InChI is InChI=1S/C17H17FN2O3/c1-6-10-14(18)12(20-8-7-13(21)19-16(20)22)9-11(15(10)23-5)17(2,3)4/h1,7-9H,2-5H3,(H,19,21,22). The van der Waals surface area contributed by atoms with E-state index in [2.05, 4.69) is 10.9 Å². The van der Waals surface area contributed by atoms with Crippen molar-refractivity contribution in [1.29, 1.82) is 0 Å². The Morgan fingerprint density at radius 1 is 1.35 bits per heavy atom. The van der Waals surface area contributed by atoms with E-state index in [1.807, 2.05) is 20.8 Å². The molecular weight excluding hydrogens is 299 g/mol. The third-order valence-electron chi connectivity index (χ3n) is 3.44. The van der Waals surface area contributed by atoms with Crippen molar-refractivity contribution in [3.63, 3.8) is 0 Å². The van der Waals surface area contributed by atoms with Crippen LogP contribution < -0.4 is 16.0 Å². The lowest BCUT2D eigenvalue weighted by molar-refractivity contribution is 0.392. The molecule has 5 nitrogen and oxygen atoms in total. The lowest BCUT2D eigenvalue weighted by Crippen LogP contribution is -2.28. The molecule has 0 fully saturated rings. The number of ether oxygens (including phenoxy) is 1. The van der Waals surface area contributed by atoms with Gasteiger partial charge in [-0.05, 0) is 11.5 Å². The van der Waals surface area contributed by atoms with E-state index in [4.69, 9.17) is 11.2 Å². The number of terminal acetylenes is 1. The predicted molar refractivity (Wildman–Crippen MR) is 85.8 cm³/mol. The molecule has 1 N–H and O–H groups in total. The Morgan fingerprint density at radius 2 is 2.00 bits per heavy atom. The van der Waals surface area contributed by atoms with Gasteiger partial charge in [0, 0.05) is 17.8 Å². The highest BCUT2D eigenvalue weighted by atomic mass is 19.1. The molecule has 1 aromatic heterocycles. The number of hydrogen-bond acceptors (Lipinski definition) is 3. The molecule has 0 amide bonds. The molecule has 0 aliphatic carbocycles. The SMILES string of the molecule is C#Cc1c(F)c(-n2ccc(=O)[nH]c2=O)cc(C(C)(C)C)c1OC. The Bertz CT molecular complexity index is 911. The van der Waals surface area contributed by atoms with Crippen molar-refractivity contribution in [1.82, 2.24) is 9.55 Å². The Morgan fingerprint density at radius 3 is 2.48 bits per heavy atom. The number of nitrogens with zero attached hydrogens (tertiary/aromatic N) is 1. The van der Waals surface area contributed by atoms with Gasteiger partial charge in [0.2, 0.25) is 0 Å². The predicted octanol–water partition coefficient (Wildman–Crippen LogP) is 1.95. The summed E-state index contributed by atoms with van der Waals surface area (Å²) >= 11 is 0. The summed E-state index contributed by atoms with van der Waals surface area (Å²) in [7, 11) is 1.41. The van der Waals surface area contributed by atoms with Gasteiger partial charge in [0.15, 0.2) is 5.82 Å². The highest BCUT2D eigenvalue weighted by Gasteiger charge is 2.26. The zero-order valence-corrected chi connectivity index (χ0v) is 13.4. The van der Waals surface area contributed by atoms with Crippen LogP contribution >= 0.6 is 0 Å². The maximum absolute atomic E-state index is 14.8. The Balaban J connectivity index is 2.93. The summed E-state index contributed by atoms with van der Waals surface area (Å²) in [5.74, 6) is 1.79. The number of nitrogens with one attached hydrogen (secondary N) is 1. The second-order valence-corrected chi connectivity index (χ2v) is 6.04. The first-order chi connectivity index (χ1) is 10.7. The van der Waals surface area contributed by atoms with Crippen molar-refractivity contribution in [3.8, 4) is 23.8 Å². The van der Waals surface area contributed by atoms with Crippen LogP contribution in [0, 0.1) is 18.2 Å². The number of hydrogen-bond donors (Lipinski definition) is 1. The minimum atomic E-state index is -0.758. The second kappa shape index (κ2) is 5.76. The Hall–Kier alpha value is -2.81. The van der Waals surface area contributed by atoms with E-state index in [0.717, 1.165) is 10.6 Å². The fourth-order valence-electron chi connectivity index (χ4n) is 2.31. The monoisotopic (exact) mass is 316 g/mol. The molecule has 1 heterocycles. The molecule has 0 unspecified atom stereocenters. The fraction of sp³-hybridized carbons (Fsp3) is 0.294. The summed E-state index contributed by atoms with van der Waals surface area (Å²) in [4.78, 5) is 25.3. The van der Waals surface area contributed by atoms with Crippen LogP contribution in [0.3, 0.4) is 0 Å².